The van der Waals surface area contributed by atoms with E-state index >= 15 is 0 Å². The lowest BCUT2D eigenvalue weighted by molar-refractivity contribution is 0.714. The molecule has 0 aromatic heterocycles. The van der Waals surface area contributed by atoms with E-state index in [-0.39, 0.29) is 0 Å². The monoisotopic (exact) mass is 202 g/mol. The predicted molar refractivity (Wildman–Crippen MR) is 58.7 cm³/mol. The minimum Gasteiger partial charge on any atom is -0.165 e. The van der Waals surface area contributed by atoms with Crippen molar-refractivity contribution in [3.05, 3.63) is 11.3 Å². The Bertz CT molecular complexity index is 111. The van der Waals surface area contributed by atoms with Gasteiger partial charge in [0.05, 0.1) is 0 Å². The summed E-state index contributed by atoms with van der Waals surface area (Å²) >= 11 is 5.71. The number of rotatable bonds is 7. The molecule has 0 aliphatic heterocycles. The van der Waals surface area contributed by atoms with Crippen LogP contribution < -0.4 is 0 Å². The Morgan fingerprint density at radius 1 is 1.17 bits per heavy atom. The zero-order valence-electron chi connectivity index (χ0n) is 8.20. The summed E-state index contributed by atoms with van der Waals surface area (Å²) in [6.07, 6.45) is 7.73. The Morgan fingerprint density at radius 2 is 1.67 bits per heavy atom. The number of hydrogen-bond acceptors (Lipinski definition) is 0. The molecule has 0 bridgehead atoms. The first-order valence-electron chi connectivity index (χ1n) is 4.89. The van der Waals surface area contributed by atoms with Gasteiger partial charge in [-0.1, -0.05) is 38.0 Å². The van der Waals surface area contributed by atoms with Crippen LogP contribution in [0.1, 0.15) is 52.4 Å². The molecule has 0 aromatic carbocycles. The van der Waals surface area contributed by atoms with Crippen molar-refractivity contribution in [2.75, 3.05) is 0 Å². The molecule has 0 atom stereocenters. The highest BCUT2D eigenvalue weighted by atomic mass is 35.6. The topological polar surface area (TPSA) is 0 Å². The molecular formula is C10H19ClSi. The molecule has 0 aliphatic rings. The number of halogens is 1. The minimum atomic E-state index is 0.471. The fourth-order valence-corrected chi connectivity index (χ4v) is 2.06. The molecule has 2 radical (unpaired) electrons. The maximum Gasteiger partial charge on any atom is 0.202 e. The Balaban J connectivity index is 3.62. The normalized spacial score (nSPS) is 9.92. The van der Waals surface area contributed by atoms with Crippen molar-refractivity contribution >= 4 is 19.9 Å². The Morgan fingerprint density at radius 3 is 2.00 bits per heavy atom. The van der Waals surface area contributed by atoms with E-state index in [1.807, 2.05) is 0 Å². The SMILES string of the molecule is CCCCC(=C[Si]Cl)CCCC. The second-order valence-electron chi connectivity index (χ2n) is 3.12. The van der Waals surface area contributed by atoms with Gasteiger partial charge in [-0.25, -0.2) is 0 Å². The van der Waals surface area contributed by atoms with E-state index in [9.17, 15) is 0 Å². The average Bonchev–Trinajstić information content (AvgIpc) is 2.10. The van der Waals surface area contributed by atoms with E-state index in [1.165, 1.54) is 38.5 Å². The zero-order valence-corrected chi connectivity index (χ0v) is 9.95. The van der Waals surface area contributed by atoms with Gasteiger partial charge < -0.3 is 0 Å². The number of unbranched alkanes of at least 4 members (excludes halogenated alkanes) is 2. The van der Waals surface area contributed by atoms with Crippen LogP contribution in [0.5, 0.6) is 0 Å². The minimum absolute atomic E-state index is 0.471. The largest absolute Gasteiger partial charge is 0.202 e. The molecule has 2 heteroatoms. The van der Waals surface area contributed by atoms with Gasteiger partial charge in [-0.2, -0.15) is 11.1 Å². The van der Waals surface area contributed by atoms with Crippen LogP contribution in [0.4, 0.5) is 0 Å². The van der Waals surface area contributed by atoms with E-state index in [4.69, 9.17) is 11.1 Å². The van der Waals surface area contributed by atoms with Crippen LogP contribution in [0, 0.1) is 0 Å². The third-order valence-electron chi connectivity index (χ3n) is 1.96. The van der Waals surface area contributed by atoms with Crippen LogP contribution in [-0.2, 0) is 0 Å². The molecule has 0 rings (SSSR count). The fraction of sp³-hybridized carbons (Fsp3) is 0.800. The molecule has 0 aromatic rings. The first kappa shape index (κ1) is 12.2. The highest BCUT2D eigenvalue weighted by Gasteiger charge is 1.95. The standard InChI is InChI=1S/C10H19ClSi/c1-3-5-7-10(9-12-11)8-6-4-2/h9H,3-8H2,1-2H3. The van der Waals surface area contributed by atoms with Crippen molar-refractivity contribution in [1.29, 1.82) is 0 Å². The summed E-state index contributed by atoms with van der Waals surface area (Å²) in [5, 5.41) is 0. The Hall–Kier alpha value is 0.247. The zero-order chi connectivity index (χ0) is 9.23. The van der Waals surface area contributed by atoms with Crippen LogP contribution in [0.15, 0.2) is 11.3 Å². The summed E-state index contributed by atoms with van der Waals surface area (Å²) in [7, 11) is 0.471. The molecule has 0 fully saturated rings. The van der Waals surface area contributed by atoms with Crippen molar-refractivity contribution in [2.24, 2.45) is 0 Å². The van der Waals surface area contributed by atoms with Crippen LogP contribution in [-0.4, -0.2) is 8.83 Å². The third kappa shape index (κ3) is 6.93. The molecule has 0 saturated carbocycles. The van der Waals surface area contributed by atoms with Crippen molar-refractivity contribution < 1.29 is 0 Å². The van der Waals surface area contributed by atoms with Gasteiger partial charge in [0.2, 0.25) is 8.83 Å². The fourth-order valence-electron chi connectivity index (χ4n) is 1.15. The lowest BCUT2D eigenvalue weighted by Crippen LogP contribution is -1.87. The molecule has 0 amide bonds. The van der Waals surface area contributed by atoms with Gasteiger partial charge in [0, 0.05) is 0 Å². The van der Waals surface area contributed by atoms with Crippen LogP contribution in [0.2, 0.25) is 0 Å². The van der Waals surface area contributed by atoms with Crippen molar-refractivity contribution in [2.45, 2.75) is 52.4 Å². The Labute approximate surface area is 83.9 Å². The molecule has 12 heavy (non-hydrogen) atoms. The van der Waals surface area contributed by atoms with E-state index < -0.39 is 0 Å². The molecule has 0 nitrogen and oxygen atoms in total. The van der Waals surface area contributed by atoms with E-state index in [0.717, 1.165) is 0 Å². The average molecular weight is 203 g/mol. The Kier molecular flexibility index (Phi) is 9.53. The maximum atomic E-state index is 5.71. The molecule has 0 aliphatic carbocycles. The molecule has 0 spiro atoms. The van der Waals surface area contributed by atoms with Gasteiger partial charge >= 0.3 is 0 Å². The molecule has 70 valence electrons. The molecular weight excluding hydrogens is 184 g/mol. The summed E-state index contributed by atoms with van der Waals surface area (Å²) in [5.74, 6) is 0. The van der Waals surface area contributed by atoms with E-state index in [2.05, 4.69) is 19.5 Å². The van der Waals surface area contributed by atoms with E-state index in [1.54, 1.807) is 5.57 Å². The summed E-state index contributed by atoms with van der Waals surface area (Å²) < 4.78 is 0. The number of allylic oxidation sites excluding steroid dienone is 1. The number of hydrogen-bond donors (Lipinski definition) is 0. The van der Waals surface area contributed by atoms with Crippen molar-refractivity contribution in [3.63, 3.8) is 0 Å². The quantitative estimate of drug-likeness (QED) is 0.431. The summed E-state index contributed by atoms with van der Waals surface area (Å²) in [6, 6.07) is 0. The van der Waals surface area contributed by atoms with Gasteiger partial charge in [-0.05, 0) is 25.7 Å². The van der Waals surface area contributed by atoms with E-state index in [0.29, 0.717) is 8.83 Å². The smallest absolute Gasteiger partial charge is 0.165 e. The molecule has 0 unspecified atom stereocenters. The van der Waals surface area contributed by atoms with Gasteiger partial charge in [-0.3, -0.25) is 0 Å². The highest BCUT2D eigenvalue weighted by molar-refractivity contribution is 6.96. The molecule has 0 N–H and O–H groups in total. The summed E-state index contributed by atoms with van der Waals surface area (Å²) in [5.41, 5.74) is 3.79. The molecule has 0 saturated heterocycles. The van der Waals surface area contributed by atoms with Gasteiger partial charge in [-0.15, -0.1) is 0 Å². The van der Waals surface area contributed by atoms with Crippen molar-refractivity contribution in [3.8, 4) is 0 Å². The van der Waals surface area contributed by atoms with Gasteiger partial charge in [0.15, 0.2) is 0 Å². The van der Waals surface area contributed by atoms with Crippen LogP contribution >= 0.6 is 11.1 Å². The predicted octanol–water partition coefficient (Wildman–Crippen LogP) is 4.11. The molecule has 0 heterocycles. The summed E-state index contributed by atoms with van der Waals surface area (Å²) in [6.45, 7) is 4.47. The second kappa shape index (κ2) is 9.34. The second-order valence-corrected chi connectivity index (χ2v) is 4.28. The maximum absolute atomic E-state index is 5.71. The lowest BCUT2D eigenvalue weighted by atomic mass is 10.1. The van der Waals surface area contributed by atoms with Gasteiger partial charge in [0.25, 0.3) is 0 Å². The highest BCUT2D eigenvalue weighted by Crippen LogP contribution is 2.14. The first-order valence-corrected chi connectivity index (χ1v) is 6.98. The third-order valence-corrected chi connectivity index (χ3v) is 2.81. The van der Waals surface area contributed by atoms with Crippen LogP contribution in [0.25, 0.3) is 0 Å². The van der Waals surface area contributed by atoms with Gasteiger partial charge in [0.1, 0.15) is 0 Å². The summed E-state index contributed by atoms with van der Waals surface area (Å²) in [4.78, 5) is 0. The van der Waals surface area contributed by atoms with Crippen LogP contribution in [0.3, 0.4) is 0 Å². The lowest BCUT2D eigenvalue weighted by Gasteiger charge is -2.04. The first-order chi connectivity index (χ1) is 5.85. The van der Waals surface area contributed by atoms with Crippen molar-refractivity contribution in [1.82, 2.24) is 0 Å².